The van der Waals surface area contributed by atoms with E-state index in [9.17, 15) is 14.7 Å². The van der Waals surface area contributed by atoms with E-state index in [1.165, 1.54) is 14.2 Å². The zero-order valence-electron chi connectivity index (χ0n) is 17.9. The highest BCUT2D eigenvalue weighted by Gasteiger charge is 2.55. The Kier molecular flexibility index (Phi) is 5.12. The Morgan fingerprint density at radius 3 is 1.94 bits per heavy atom. The minimum Gasteiger partial charge on any atom is -0.481 e. The van der Waals surface area contributed by atoms with Gasteiger partial charge in [0, 0.05) is 26.1 Å². The number of nitrogens with one attached hydrogen (secondary N) is 1. The van der Waals surface area contributed by atoms with Gasteiger partial charge in [-0.05, 0) is 34.4 Å². The summed E-state index contributed by atoms with van der Waals surface area (Å²) < 4.78 is 16.4. The first-order chi connectivity index (χ1) is 15.5. The third-order valence-corrected chi connectivity index (χ3v) is 6.94. The van der Waals surface area contributed by atoms with Crippen LogP contribution in [0.25, 0.3) is 0 Å². The molecular formula is C25H25NO6. The maximum Gasteiger partial charge on any atom is 0.308 e. The van der Waals surface area contributed by atoms with Crippen LogP contribution in [0.4, 0.5) is 0 Å². The van der Waals surface area contributed by atoms with Crippen LogP contribution >= 0.6 is 0 Å². The highest BCUT2D eigenvalue weighted by molar-refractivity contribution is 5.89. The van der Waals surface area contributed by atoms with Crippen molar-refractivity contribution in [3.05, 3.63) is 82.9 Å². The Morgan fingerprint density at radius 2 is 1.50 bits per heavy atom. The lowest BCUT2D eigenvalue weighted by molar-refractivity contribution is -0.239. The van der Waals surface area contributed by atoms with Crippen LogP contribution in [0.2, 0.25) is 0 Å². The topological polar surface area (TPSA) is 94.1 Å². The number of hydrogen-bond donors (Lipinski definition) is 2. The minimum absolute atomic E-state index is 0.0439. The summed E-state index contributed by atoms with van der Waals surface area (Å²) in [4.78, 5) is 26.0. The molecule has 1 aliphatic heterocycles. The fraction of sp³-hybridized carbons (Fsp3) is 0.360. The van der Waals surface area contributed by atoms with Crippen molar-refractivity contribution in [2.45, 2.75) is 23.9 Å². The van der Waals surface area contributed by atoms with Crippen molar-refractivity contribution < 1.29 is 28.9 Å². The first kappa shape index (κ1) is 20.9. The van der Waals surface area contributed by atoms with Crippen molar-refractivity contribution in [3.63, 3.8) is 0 Å². The molecule has 0 saturated heterocycles. The van der Waals surface area contributed by atoms with E-state index in [1.54, 1.807) is 12.2 Å². The lowest BCUT2D eigenvalue weighted by Crippen LogP contribution is -2.53. The number of ether oxygens (including phenoxy) is 3. The first-order valence-electron chi connectivity index (χ1n) is 10.6. The van der Waals surface area contributed by atoms with Crippen molar-refractivity contribution in [2.75, 3.05) is 20.8 Å². The highest BCUT2D eigenvalue weighted by Crippen LogP contribution is 2.58. The van der Waals surface area contributed by atoms with E-state index in [0.717, 1.165) is 22.3 Å². The van der Waals surface area contributed by atoms with Gasteiger partial charge in [0.1, 0.15) is 0 Å². The Morgan fingerprint density at radius 1 is 0.969 bits per heavy atom. The molecule has 2 N–H and O–H groups in total. The number of carbonyl (C=O) groups is 2. The molecule has 166 valence electrons. The van der Waals surface area contributed by atoms with Gasteiger partial charge in [-0.15, -0.1) is 0 Å². The lowest BCUT2D eigenvalue weighted by atomic mass is 9.54. The predicted octanol–water partition coefficient (Wildman–Crippen LogP) is 2.61. The van der Waals surface area contributed by atoms with E-state index in [0.29, 0.717) is 0 Å². The molecule has 2 aromatic rings. The second-order valence-electron chi connectivity index (χ2n) is 8.42. The van der Waals surface area contributed by atoms with Gasteiger partial charge in [-0.1, -0.05) is 48.5 Å². The van der Waals surface area contributed by atoms with Crippen LogP contribution in [0.5, 0.6) is 0 Å². The summed E-state index contributed by atoms with van der Waals surface area (Å²) in [6, 6.07) is 15.7. The van der Waals surface area contributed by atoms with Gasteiger partial charge in [-0.2, -0.15) is 0 Å². The molecule has 4 aliphatic rings. The van der Waals surface area contributed by atoms with E-state index in [1.807, 2.05) is 48.5 Å². The molecule has 6 rings (SSSR count). The third-order valence-electron chi connectivity index (χ3n) is 6.94. The van der Waals surface area contributed by atoms with Crippen LogP contribution < -0.4 is 5.32 Å². The number of rotatable bonds is 6. The molecule has 3 aliphatic carbocycles. The maximum atomic E-state index is 13.5. The van der Waals surface area contributed by atoms with Gasteiger partial charge in [0.2, 0.25) is 11.7 Å². The van der Waals surface area contributed by atoms with Crippen molar-refractivity contribution in [1.29, 1.82) is 0 Å². The summed E-state index contributed by atoms with van der Waals surface area (Å²) in [5, 5.41) is 13.1. The number of carboxylic acid groups (broad SMARTS) is 1. The quantitative estimate of drug-likeness (QED) is 0.678. The number of hydrogen-bond acceptors (Lipinski definition) is 5. The molecule has 1 amide bonds. The zero-order chi connectivity index (χ0) is 22.5. The number of carboxylic acids is 1. The van der Waals surface area contributed by atoms with Crippen LogP contribution in [-0.4, -0.2) is 49.8 Å². The Hall–Kier alpha value is -3.00. The van der Waals surface area contributed by atoms with Gasteiger partial charge in [0.25, 0.3) is 0 Å². The normalized spacial score (nSPS) is 31.8. The molecule has 0 aromatic heterocycles. The standard InChI is InChI=1S/C25H25NO6/c1-30-18-11-12-25(31-2,32-18)13-26-23(27)21-19-14-7-3-5-9-16(14)20(22(21)24(28)29)17-10-6-4-8-15(17)19/h3-12,18-22H,13H2,1-2H3,(H,26,27)(H,28,29). The van der Waals surface area contributed by atoms with Crippen LogP contribution in [-0.2, 0) is 23.8 Å². The van der Waals surface area contributed by atoms with E-state index in [2.05, 4.69) is 5.32 Å². The Bertz CT molecular complexity index is 1050. The van der Waals surface area contributed by atoms with Crippen molar-refractivity contribution in [3.8, 4) is 0 Å². The molecule has 0 saturated carbocycles. The summed E-state index contributed by atoms with van der Waals surface area (Å²) >= 11 is 0. The molecule has 4 unspecified atom stereocenters. The van der Waals surface area contributed by atoms with Crippen molar-refractivity contribution >= 4 is 11.9 Å². The minimum atomic E-state index is -1.15. The number of fused-ring (bicyclic) bond motifs is 1. The molecule has 7 heteroatoms. The summed E-state index contributed by atoms with van der Waals surface area (Å²) in [5.74, 6) is -4.78. The molecule has 4 atom stereocenters. The van der Waals surface area contributed by atoms with Gasteiger partial charge < -0.3 is 24.6 Å². The average Bonchev–Trinajstić information content (AvgIpc) is 3.26. The molecule has 0 fully saturated rings. The predicted molar refractivity (Wildman–Crippen MR) is 115 cm³/mol. The fourth-order valence-electron chi connectivity index (χ4n) is 5.53. The maximum absolute atomic E-state index is 13.5. The molecule has 32 heavy (non-hydrogen) atoms. The van der Waals surface area contributed by atoms with Crippen molar-refractivity contribution in [1.82, 2.24) is 5.32 Å². The van der Waals surface area contributed by atoms with Crippen LogP contribution in [0, 0.1) is 11.8 Å². The third kappa shape index (κ3) is 3.08. The second-order valence-corrected chi connectivity index (χ2v) is 8.42. The van der Waals surface area contributed by atoms with Gasteiger partial charge in [-0.3, -0.25) is 9.59 Å². The molecule has 7 nitrogen and oxygen atoms in total. The lowest BCUT2D eigenvalue weighted by Gasteiger charge is -2.48. The highest BCUT2D eigenvalue weighted by atomic mass is 16.8. The number of amides is 1. The molecule has 0 radical (unpaired) electrons. The molecule has 2 bridgehead atoms. The first-order valence-corrected chi connectivity index (χ1v) is 10.6. The summed E-state index contributed by atoms with van der Waals surface area (Å²) in [5.41, 5.74) is 4.02. The molecular weight excluding hydrogens is 410 g/mol. The largest absolute Gasteiger partial charge is 0.481 e. The SMILES string of the molecule is COC1C=CC(CNC(=O)C2C3c4ccccc4C(c4ccccc43)C2C(=O)O)(OC)O1. The van der Waals surface area contributed by atoms with Gasteiger partial charge >= 0.3 is 5.97 Å². The van der Waals surface area contributed by atoms with Crippen LogP contribution in [0.15, 0.2) is 60.7 Å². The number of methoxy groups -OCH3 is 2. The molecule has 1 heterocycles. The van der Waals surface area contributed by atoms with Crippen LogP contribution in [0.1, 0.15) is 34.1 Å². The average molecular weight is 435 g/mol. The van der Waals surface area contributed by atoms with Gasteiger partial charge in [-0.25, -0.2) is 0 Å². The zero-order valence-corrected chi connectivity index (χ0v) is 17.9. The van der Waals surface area contributed by atoms with E-state index in [4.69, 9.17) is 14.2 Å². The monoisotopic (exact) mass is 435 g/mol. The smallest absolute Gasteiger partial charge is 0.308 e. The van der Waals surface area contributed by atoms with Gasteiger partial charge in [0.05, 0.1) is 18.4 Å². The van der Waals surface area contributed by atoms with E-state index >= 15 is 0 Å². The Balaban J connectivity index is 1.50. The number of aliphatic carboxylic acids is 1. The molecule has 0 spiro atoms. The number of benzene rings is 2. The Labute approximate surface area is 186 Å². The van der Waals surface area contributed by atoms with E-state index in [-0.39, 0.29) is 24.3 Å². The summed E-state index contributed by atoms with van der Waals surface area (Å²) in [6.07, 6.45) is 2.85. The molecule has 2 aromatic carbocycles. The van der Waals surface area contributed by atoms with Crippen LogP contribution in [0.3, 0.4) is 0 Å². The van der Waals surface area contributed by atoms with Crippen molar-refractivity contribution in [2.24, 2.45) is 11.8 Å². The van der Waals surface area contributed by atoms with E-state index < -0.39 is 29.9 Å². The summed E-state index contributed by atoms with van der Waals surface area (Å²) in [6.45, 7) is 0.0439. The summed E-state index contributed by atoms with van der Waals surface area (Å²) in [7, 11) is 3.01. The fourth-order valence-corrected chi connectivity index (χ4v) is 5.53. The van der Waals surface area contributed by atoms with Gasteiger partial charge in [0.15, 0.2) is 6.29 Å². The number of carbonyl (C=O) groups excluding carboxylic acids is 1. The second kappa shape index (κ2) is 7.85.